The minimum absolute atomic E-state index is 0.0298. The number of amides is 1. The minimum Gasteiger partial charge on any atom is -0.489 e. The van der Waals surface area contributed by atoms with E-state index in [1.165, 1.54) is 0 Å². The van der Waals surface area contributed by atoms with Gasteiger partial charge in [-0.1, -0.05) is 5.16 Å². The molecule has 0 fully saturated rings. The number of hydrogen-bond donors (Lipinski definition) is 1. The number of ether oxygens (including phenoxy) is 1. The van der Waals surface area contributed by atoms with Gasteiger partial charge < -0.3 is 14.6 Å². The van der Waals surface area contributed by atoms with E-state index in [2.05, 4.69) is 15.6 Å². The van der Waals surface area contributed by atoms with Crippen molar-refractivity contribution in [3.05, 3.63) is 65.3 Å². The fourth-order valence-corrected chi connectivity index (χ4v) is 2.61. The minimum atomic E-state index is -0.123. The molecule has 1 N–H and O–H groups in total. The first-order valence-corrected chi connectivity index (χ1v) is 8.46. The van der Waals surface area contributed by atoms with E-state index in [0.29, 0.717) is 24.5 Å². The Morgan fingerprint density at radius 3 is 2.69 bits per heavy atom. The van der Waals surface area contributed by atoms with Crippen molar-refractivity contribution in [1.29, 1.82) is 0 Å². The van der Waals surface area contributed by atoms with Crippen molar-refractivity contribution in [3.8, 4) is 5.75 Å². The first-order chi connectivity index (χ1) is 12.5. The van der Waals surface area contributed by atoms with E-state index in [-0.39, 0.29) is 11.9 Å². The summed E-state index contributed by atoms with van der Waals surface area (Å²) in [7, 11) is 0. The molecule has 2 aromatic heterocycles. The van der Waals surface area contributed by atoms with Gasteiger partial charge in [-0.3, -0.25) is 9.48 Å². The van der Waals surface area contributed by atoms with Crippen molar-refractivity contribution < 1.29 is 14.1 Å². The van der Waals surface area contributed by atoms with Gasteiger partial charge in [-0.25, -0.2) is 0 Å². The Bertz CT molecular complexity index is 834. The largest absolute Gasteiger partial charge is 0.489 e. The Labute approximate surface area is 151 Å². The van der Waals surface area contributed by atoms with Gasteiger partial charge in [-0.15, -0.1) is 0 Å². The van der Waals surface area contributed by atoms with Crippen LogP contribution in [-0.4, -0.2) is 26.9 Å². The molecule has 0 unspecified atom stereocenters. The van der Waals surface area contributed by atoms with Crippen molar-refractivity contribution in [1.82, 2.24) is 20.3 Å². The summed E-state index contributed by atoms with van der Waals surface area (Å²) in [5.41, 5.74) is 2.35. The van der Waals surface area contributed by atoms with Gasteiger partial charge in [0.25, 0.3) is 5.91 Å². The number of nitrogens with one attached hydrogen (secondary N) is 1. The number of nitrogens with zero attached hydrogens (tertiary/aromatic N) is 3. The van der Waals surface area contributed by atoms with Crippen LogP contribution in [0, 0.1) is 13.8 Å². The number of hydrogen-bond acceptors (Lipinski definition) is 5. The van der Waals surface area contributed by atoms with Crippen LogP contribution in [-0.2, 0) is 13.2 Å². The van der Waals surface area contributed by atoms with E-state index in [0.717, 1.165) is 17.0 Å². The zero-order chi connectivity index (χ0) is 18.5. The normalized spacial score (nSPS) is 12.0. The summed E-state index contributed by atoms with van der Waals surface area (Å²) in [5.74, 6) is 1.32. The molecule has 3 aromatic rings. The van der Waals surface area contributed by atoms with E-state index in [1.54, 1.807) is 35.1 Å². The average Bonchev–Trinajstić information content (AvgIpc) is 3.24. The SMILES string of the molecule is Cc1noc(C)c1COc1ccc(C(=O)N[C@@H](C)Cn2cccn2)cc1. The van der Waals surface area contributed by atoms with E-state index >= 15 is 0 Å². The molecule has 136 valence electrons. The molecule has 1 aromatic carbocycles. The molecule has 1 amide bonds. The third kappa shape index (κ3) is 4.30. The average molecular weight is 354 g/mol. The van der Waals surface area contributed by atoms with E-state index in [1.807, 2.05) is 33.0 Å². The number of carbonyl (C=O) groups excluding carboxylic acids is 1. The second-order valence-electron chi connectivity index (χ2n) is 6.22. The molecule has 0 bridgehead atoms. The molecule has 7 nitrogen and oxygen atoms in total. The molecule has 0 aliphatic heterocycles. The second-order valence-corrected chi connectivity index (χ2v) is 6.22. The Kier molecular flexibility index (Phi) is 5.36. The van der Waals surface area contributed by atoms with Gasteiger partial charge >= 0.3 is 0 Å². The molecule has 7 heteroatoms. The van der Waals surface area contributed by atoms with Crippen LogP contribution in [0.2, 0.25) is 0 Å². The van der Waals surface area contributed by atoms with Crippen molar-refractivity contribution in [3.63, 3.8) is 0 Å². The third-order valence-corrected chi connectivity index (χ3v) is 4.08. The van der Waals surface area contributed by atoms with Crippen molar-refractivity contribution in [2.24, 2.45) is 0 Å². The quantitative estimate of drug-likeness (QED) is 0.705. The highest BCUT2D eigenvalue weighted by atomic mass is 16.5. The number of benzene rings is 1. The molecule has 0 aliphatic rings. The van der Waals surface area contributed by atoms with Crippen LogP contribution in [0.4, 0.5) is 0 Å². The predicted octanol–water partition coefficient (Wildman–Crippen LogP) is 2.89. The molecule has 0 saturated heterocycles. The first-order valence-electron chi connectivity index (χ1n) is 8.46. The molecule has 3 rings (SSSR count). The molecule has 0 spiro atoms. The van der Waals surface area contributed by atoms with Crippen LogP contribution in [0.1, 0.15) is 34.3 Å². The van der Waals surface area contributed by atoms with Gasteiger partial charge in [0.2, 0.25) is 0 Å². The maximum Gasteiger partial charge on any atom is 0.251 e. The van der Waals surface area contributed by atoms with Gasteiger partial charge in [0, 0.05) is 24.0 Å². The fourth-order valence-electron chi connectivity index (χ4n) is 2.61. The van der Waals surface area contributed by atoms with Crippen molar-refractivity contribution in [2.45, 2.75) is 40.0 Å². The molecule has 1 atom stereocenters. The number of carbonyl (C=O) groups is 1. The van der Waals surface area contributed by atoms with Gasteiger partial charge in [0.15, 0.2) is 0 Å². The number of rotatable bonds is 7. The number of aryl methyl sites for hydroxylation is 2. The van der Waals surface area contributed by atoms with Gasteiger partial charge in [0.1, 0.15) is 18.1 Å². The molecule has 26 heavy (non-hydrogen) atoms. The van der Waals surface area contributed by atoms with E-state index < -0.39 is 0 Å². The van der Waals surface area contributed by atoms with Crippen molar-refractivity contribution in [2.75, 3.05) is 0 Å². The van der Waals surface area contributed by atoms with Crippen LogP contribution in [0.25, 0.3) is 0 Å². The monoisotopic (exact) mass is 354 g/mol. The Morgan fingerprint density at radius 2 is 2.08 bits per heavy atom. The zero-order valence-electron chi connectivity index (χ0n) is 15.1. The lowest BCUT2D eigenvalue weighted by atomic mass is 10.2. The summed E-state index contributed by atoms with van der Waals surface area (Å²) in [6.07, 6.45) is 3.59. The van der Waals surface area contributed by atoms with Crippen LogP contribution in [0.5, 0.6) is 5.75 Å². The van der Waals surface area contributed by atoms with Gasteiger partial charge in [-0.2, -0.15) is 5.10 Å². The second kappa shape index (κ2) is 7.86. The molecular formula is C19H22N4O3. The zero-order valence-corrected chi connectivity index (χ0v) is 15.1. The predicted molar refractivity (Wildman–Crippen MR) is 95.9 cm³/mol. The summed E-state index contributed by atoms with van der Waals surface area (Å²) >= 11 is 0. The molecule has 0 saturated carbocycles. The van der Waals surface area contributed by atoms with Crippen molar-refractivity contribution >= 4 is 5.91 Å². The maximum atomic E-state index is 12.3. The Hall–Kier alpha value is -3.09. The highest BCUT2D eigenvalue weighted by molar-refractivity contribution is 5.94. The van der Waals surface area contributed by atoms with E-state index in [4.69, 9.17) is 9.26 Å². The summed E-state index contributed by atoms with van der Waals surface area (Å²) in [6, 6.07) is 8.89. The highest BCUT2D eigenvalue weighted by Crippen LogP contribution is 2.18. The lowest BCUT2D eigenvalue weighted by Crippen LogP contribution is -2.35. The molecule has 0 aliphatic carbocycles. The van der Waals surface area contributed by atoms with Crippen LogP contribution >= 0.6 is 0 Å². The molecule has 2 heterocycles. The van der Waals surface area contributed by atoms with Gasteiger partial charge in [-0.05, 0) is 51.1 Å². The summed E-state index contributed by atoms with van der Waals surface area (Å²) in [6.45, 7) is 6.69. The standard InChI is InChI=1S/C19H22N4O3/c1-13(11-23-10-4-9-20-23)21-19(24)16-5-7-17(8-6-16)25-12-18-14(2)22-26-15(18)3/h4-10,13H,11-12H2,1-3H3,(H,21,24)/t13-/m0/s1. The van der Waals surface area contributed by atoms with Gasteiger partial charge in [0.05, 0.1) is 17.8 Å². The summed E-state index contributed by atoms with van der Waals surface area (Å²) in [4.78, 5) is 12.3. The summed E-state index contributed by atoms with van der Waals surface area (Å²) in [5, 5.41) is 11.0. The molecule has 0 radical (unpaired) electrons. The Morgan fingerprint density at radius 1 is 1.31 bits per heavy atom. The Balaban J connectivity index is 1.54. The van der Waals surface area contributed by atoms with Crippen LogP contribution in [0.15, 0.2) is 47.2 Å². The molecular weight excluding hydrogens is 332 g/mol. The maximum absolute atomic E-state index is 12.3. The third-order valence-electron chi connectivity index (χ3n) is 4.08. The first kappa shape index (κ1) is 17.7. The number of aromatic nitrogens is 3. The fraction of sp³-hybridized carbons (Fsp3) is 0.316. The lowest BCUT2D eigenvalue weighted by Gasteiger charge is -2.14. The summed E-state index contributed by atoms with van der Waals surface area (Å²) < 4.78 is 12.7. The smallest absolute Gasteiger partial charge is 0.251 e. The van der Waals surface area contributed by atoms with Crippen LogP contribution < -0.4 is 10.1 Å². The topological polar surface area (TPSA) is 82.2 Å². The van der Waals surface area contributed by atoms with E-state index in [9.17, 15) is 4.79 Å². The van der Waals surface area contributed by atoms with Crippen LogP contribution in [0.3, 0.4) is 0 Å². The lowest BCUT2D eigenvalue weighted by molar-refractivity contribution is 0.0936. The highest BCUT2D eigenvalue weighted by Gasteiger charge is 2.12.